The molecular weight excluding hydrogens is 192 g/mol. The third-order valence-corrected chi connectivity index (χ3v) is 3.12. The van der Waals surface area contributed by atoms with E-state index < -0.39 is 0 Å². The molecule has 1 aliphatic heterocycles. The van der Waals surface area contributed by atoms with Crippen molar-refractivity contribution in [2.45, 2.75) is 44.2 Å². The highest BCUT2D eigenvalue weighted by Crippen LogP contribution is 2.18. The molecule has 0 spiro atoms. The summed E-state index contributed by atoms with van der Waals surface area (Å²) in [7, 11) is 0. The van der Waals surface area contributed by atoms with Gasteiger partial charge in [0.1, 0.15) is 0 Å². The fourth-order valence-electron chi connectivity index (χ4n) is 2.23. The predicted molar refractivity (Wildman–Crippen MR) is 60.6 cm³/mol. The van der Waals surface area contributed by atoms with Crippen LogP contribution in [0, 0.1) is 0 Å². The van der Waals surface area contributed by atoms with Gasteiger partial charge in [-0.1, -0.05) is 12.8 Å². The molecule has 1 fully saturated rings. The Labute approximate surface area is 92.1 Å². The molecule has 0 aliphatic carbocycles. The summed E-state index contributed by atoms with van der Waals surface area (Å²) in [5, 5.41) is 18.6. The van der Waals surface area contributed by atoms with Crippen molar-refractivity contribution in [2.24, 2.45) is 5.73 Å². The number of β-amino-alcohol motifs (C(OH)–C–C–N with tert-alkyl or cyclic N) is 1. The quantitative estimate of drug-likeness (QED) is 0.521. The molecule has 1 saturated heterocycles. The monoisotopic (exact) mass is 216 g/mol. The highest BCUT2D eigenvalue weighted by atomic mass is 16.3. The first-order valence-corrected chi connectivity index (χ1v) is 6.01. The van der Waals surface area contributed by atoms with Crippen molar-refractivity contribution in [1.82, 2.24) is 4.90 Å². The predicted octanol–water partition coefficient (Wildman–Crippen LogP) is -0.0670. The molecule has 15 heavy (non-hydrogen) atoms. The molecule has 2 atom stereocenters. The van der Waals surface area contributed by atoms with E-state index in [9.17, 15) is 5.11 Å². The number of aliphatic hydroxyl groups is 2. The Morgan fingerprint density at radius 2 is 1.93 bits per heavy atom. The highest BCUT2D eigenvalue weighted by Gasteiger charge is 2.29. The van der Waals surface area contributed by atoms with Gasteiger partial charge in [-0.25, -0.2) is 0 Å². The van der Waals surface area contributed by atoms with Gasteiger partial charge in [0.05, 0.1) is 12.7 Å². The van der Waals surface area contributed by atoms with Crippen molar-refractivity contribution in [2.75, 3.05) is 26.2 Å². The lowest BCUT2D eigenvalue weighted by molar-refractivity contribution is 0.153. The van der Waals surface area contributed by atoms with Crippen molar-refractivity contribution in [3.63, 3.8) is 0 Å². The maximum Gasteiger partial charge on any atom is 0.0683 e. The maximum absolute atomic E-state index is 9.47. The van der Waals surface area contributed by atoms with Crippen LogP contribution in [0.5, 0.6) is 0 Å². The third-order valence-electron chi connectivity index (χ3n) is 3.12. The summed E-state index contributed by atoms with van der Waals surface area (Å²) in [6.07, 6.45) is 5.11. The van der Waals surface area contributed by atoms with Crippen LogP contribution in [0.15, 0.2) is 0 Å². The number of nitrogens with zero attached hydrogens (tertiary/aromatic N) is 1. The average molecular weight is 216 g/mol. The summed E-state index contributed by atoms with van der Waals surface area (Å²) in [5.41, 5.74) is 5.42. The molecule has 1 heterocycles. The van der Waals surface area contributed by atoms with E-state index in [1.165, 1.54) is 12.8 Å². The minimum absolute atomic E-state index is 0.167. The number of aliphatic hydroxyl groups excluding tert-OH is 2. The molecule has 0 aromatic heterocycles. The molecule has 1 aliphatic rings. The first kappa shape index (κ1) is 12.9. The van der Waals surface area contributed by atoms with Gasteiger partial charge in [0.2, 0.25) is 0 Å². The molecule has 0 radical (unpaired) electrons. The van der Waals surface area contributed by atoms with Crippen molar-refractivity contribution in [3.05, 3.63) is 0 Å². The van der Waals surface area contributed by atoms with Crippen LogP contribution in [0.2, 0.25) is 0 Å². The standard InChI is InChI=1S/C11H24N2O2/c12-5-3-1-2-4-6-13-8-11(15)7-10(13)9-14/h10-11,14-15H,1-9,12H2/t10-,11?/m0/s1. The fourth-order valence-corrected chi connectivity index (χ4v) is 2.23. The number of hydrogen-bond acceptors (Lipinski definition) is 4. The Morgan fingerprint density at radius 1 is 1.20 bits per heavy atom. The van der Waals surface area contributed by atoms with Crippen molar-refractivity contribution in [3.8, 4) is 0 Å². The van der Waals surface area contributed by atoms with Gasteiger partial charge in [-0.15, -0.1) is 0 Å². The molecule has 1 unspecified atom stereocenters. The molecule has 4 N–H and O–H groups in total. The minimum Gasteiger partial charge on any atom is -0.395 e. The van der Waals surface area contributed by atoms with Crippen LogP contribution in [-0.4, -0.2) is 53.5 Å². The molecule has 0 bridgehead atoms. The second kappa shape index (κ2) is 7.17. The topological polar surface area (TPSA) is 69.7 Å². The zero-order valence-corrected chi connectivity index (χ0v) is 9.44. The Hall–Kier alpha value is -0.160. The van der Waals surface area contributed by atoms with Gasteiger partial charge in [-0.2, -0.15) is 0 Å². The van der Waals surface area contributed by atoms with Crippen LogP contribution in [0.3, 0.4) is 0 Å². The fraction of sp³-hybridized carbons (Fsp3) is 1.00. The van der Waals surface area contributed by atoms with Gasteiger partial charge in [0.25, 0.3) is 0 Å². The van der Waals surface area contributed by atoms with Gasteiger partial charge in [-0.3, -0.25) is 4.90 Å². The second-order valence-corrected chi connectivity index (χ2v) is 4.42. The summed E-state index contributed by atoms with van der Waals surface area (Å²) in [5.74, 6) is 0. The van der Waals surface area contributed by atoms with Crippen LogP contribution in [0.4, 0.5) is 0 Å². The summed E-state index contributed by atoms with van der Waals surface area (Å²) in [6.45, 7) is 2.66. The van der Waals surface area contributed by atoms with Crippen LogP contribution >= 0.6 is 0 Å². The molecule has 90 valence electrons. The molecule has 1 rings (SSSR count). The highest BCUT2D eigenvalue weighted by molar-refractivity contribution is 4.84. The Morgan fingerprint density at radius 3 is 2.60 bits per heavy atom. The van der Waals surface area contributed by atoms with E-state index in [0.717, 1.165) is 38.9 Å². The van der Waals surface area contributed by atoms with E-state index in [0.29, 0.717) is 0 Å². The Balaban J connectivity index is 2.09. The SMILES string of the molecule is NCCCCCCN1CC(O)C[C@H]1CO. The van der Waals surface area contributed by atoms with Crippen molar-refractivity contribution in [1.29, 1.82) is 0 Å². The summed E-state index contributed by atoms with van der Waals surface area (Å²) in [4.78, 5) is 2.20. The first-order chi connectivity index (χ1) is 7.27. The third kappa shape index (κ3) is 4.47. The molecular formula is C11H24N2O2. The summed E-state index contributed by atoms with van der Waals surface area (Å²) >= 11 is 0. The Kier molecular flexibility index (Phi) is 6.17. The van der Waals surface area contributed by atoms with Crippen LogP contribution in [0.25, 0.3) is 0 Å². The Bertz CT molecular complexity index is 167. The first-order valence-electron chi connectivity index (χ1n) is 6.01. The van der Waals surface area contributed by atoms with Gasteiger partial charge >= 0.3 is 0 Å². The van der Waals surface area contributed by atoms with Gasteiger partial charge < -0.3 is 15.9 Å². The molecule has 0 aromatic carbocycles. The van der Waals surface area contributed by atoms with E-state index in [1.54, 1.807) is 0 Å². The number of rotatable bonds is 7. The molecule has 0 aromatic rings. The minimum atomic E-state index is -0.244. The van der Waals surface area contributed by atoms with E-state index in [2.05, 4.69) is 4.90 Å². The molecule has 4 nitrogen and oxygen atoms in total. The zero-order chi connectivity index (χ0) is 11.1. The summed E-state index contributed by atoms with van der Waals surface area (Å²) < 4.78 is 0. The van der Waals surface area contributed by atoms with E-state index in [1.807, 2.05) is 0 Å². The van der Waals surface area contributed by atoms with E-state index in [-0.39, 0.29) is 18.8 Å². The van der Waals surface area contributed by atoms with E-state index >= 15 is 0 Å². The molecule has 0 amide bonds. The number of unbranched alkanes of at least 4 members (excludes halogenated alkanes) is 3. The van der Waals surface area contributed by atoms with Crippen molar-refractivity contribution < 1.29 is 10.2 Å². The number of likely N-dealkylation sites (tertiary alicyclic amines) is 1. The largest absolute Gasteiger partial charge is 0.395 e. The zero-order valence-electron chi connectivity index (χ0n) is 9.44. The number of hydrogen-bond donors (Lipinski definition) is 3. The lowest BCUT2D eigenvalue weighted by atomic mass is 10.1. The molecule has 0 saturated carbocycles. The average Bonchev–Trinajstić information content (AvgIpc) is 2.59. The van der Waals surface area contributed by atoms with Gasteiger partial charge in [0, 0.05) is 12.6 Å². The van der Waals surface area contributed by atoms with Gasteiger partial charge in [-0.05, 0) is 32.4 Å². The van der Waals surface area contributed by atoms with Crippen molar-refractivity contribution >= 4 is 0 Å². The number of nitrogens with two attached hydrogens (primary N) is 1. The van der Waals surface area contributed by atoms with Crippen LogP contribution in [0.1, 0.15) is 32.1 Å². The van der Waals surface area contributed by atoms with Gasteiger partial charge in [0.15, 0.2) is 0 Å². The second-order valence-electron chi connectivity index (χ2n) is 4.42. The summed E-state index contributed by atoms with van der Waals surface area (Å²) in [6, 6.07) is 0.175. The normalized spacial score (nSPS) is 27.4. The smallest absolute Gasteiger partial charge is 0.0683 e. The lowest BCUT2D eigenvalue weighted by Crippen LogP contribution is -2.33. The van der Waals surface area contributed by atoms with E-state index in [4.69, 9.17) is 10.8 Å². The molecule has 4 heteroatoms. The van der Waals surface area contributed by atoms with Crippen LogP contribution < -0.4 is 5.73 Å². The lowest BCUT2D eigenvalue weighted by Gasteiger charge is -2.21. The maximum atomic E-state index is 9.47. The van der Waals surface area contributed by atoms with Crippen LogP contribution in [-0.2, 0) is 0 Å².